The summed E-state index contributed by atoms with van der Waals surface area (Å²) in [5, 5.41) is 6.95. The number of hydrogen-bond donors (Lipinski definition) is 3. The number of hydrazine groups is 1. The molecule has 1 aliphatic heterocycles. The van der Waals surface area contributed by atoms with Crippen LogP contribution in [0.2, 0.25) is 0 Å². The van der Waals surface area contributed by atoms with Crippen LogP contribution in [0.15, 0.2) is 65.2 Å². The lowest BCUT2D eigenvalue weighted by Gasteiger charge is -2.10. The quantitative estimate of drug-likeness (QED) is 0.586. The van der Waals surface area contributed by atoms with Crippen molar-refractivity contribution in [3.8, 4) is 11.4 Å². The van der Waals surface area contributed by atoms with Crippen LogP contribution < -0.4 is 16.2 Å². The van der Waals surface area contributed by atoms with Gasteiger partial charge in [0, 0.05) is 37.0 Å². The molecule has 3 N–H and O–H groups in total. The molecule has 7 heteroatoms. The van der Waals surface area contributed by atoms with Gasteiger partial charge in [0.2, 0.25) is 17.6 Å². The van der Waals surface area contributed by atoms with Crippen molar-refractivity contribution in [3.63, 3.8) is 0 Å². The van der Waals surface area contributed by atoms with Gasteiger partial charge in [0.25, 0.3) is 0 Å². The average molecular weight is 377 g/mol. The Morgan fingerprint density at radius 3 is 2.61 bits per heavy atom. The topological polar surface area (TPSA) is 92.1 Å². The van der Waals surface area contributed by atoms with Crippen LogP contribution in [-0.2, 0) is 11.2 Å². The number of nitrogens with zero attached hydrogens (tertiary/aromatic N) is 2. The number of rotatable bonds is 7. The lowest BCUT2D eigenvalue weighted by atomic mass is 10.0. The minimum absolute atomic E-state index is 0.0237. The molecule has 0 bridgehead atoms. The van der Waals surface area contributed by atoms with Crippen LogP contribution in [0, 0.1) is 0 Å². The van der Waals surface area contributed by atoms with E-state index >= 15 is 0 Å². The first kappa shape index (κ1) is 18.3. The highest BCUT2D eigenvalue weighted by Gasteiger charge is 2.25. The Bertz CT molecular complexity index is 897. The zero-order chi connectivity index (χ0) is 19.2. The van der Waals surface area contributed by atoms with Crippen LogP contribution in [0.1, 0.15) is 30.3 Å². The molecule has 28 heavy (non-hydrogen) atoms. The first-order valence-electron chi connectivity index (χ1n) is 9.48. The maximum Gasteiger partial charge on any atom is 0.227 e. The van der Waals surface area contributed by atoms with Gasteiger partial charge in [-0.3, -0.25) is 10.2 Å². The zero-order valence-corrected chi connectivity index (χ0v) is 15.5. The van der Waals surface area contributed by atoms with Crippen LogP contribution in [0.25, 0.3) is 11.4 Å². The monoisotopic (exact) mass is 377 g/mol. The highest BCUT2D eigenvalue weighted by molar-refractivity contribution is 5.76. The van der Waals surface area contributed by atoms with Crippen molar-refractivity contribution >= 4 is 5.91 Å². The summed E-state index contributed by atoms with van der Waals surface area (Å²) < 4.78 is 5.25. The van der Waals surface area contributed by atoms with Crippen LogP contribution in [0.4, 0.5) is 0 Å². The molecule has 2 aromatic carbocycles. The third-order valence-corrected chi connectivity index (χ3v) is 4.80. The molecule has 2 atom stereocenters. The van der Waals surface area contributed by atoms with E-state index in [0.717, 1.165) is 12.0 Å². The third-order valence-electron chi connectivity index (χ3n) is 4.80. The maximum absolute atomic E-state index is 12.2. The molecule has 1 aromatic heterocycles. The van der Waals surface area contributed by atoms with Crippen molar-refractivity contribution in [2.24, 2.45) is 0 Å². The smallest absolute Gasteiger partial charge is 0.227 e. The second-order valence-corrected chi connectivity index (χ2v) is 6.87. The maximum atomic E-state index is 12.2. The molecular weight excluding hydrogens is 354 g/mol. The number of amides is 1. The molecule has 1 amide bonds. The van der Waals surface area contributed by atoms with Crippen molar-refractivity contribution < 1.29 is 9.32 Å². The van der Waals surface area contributed by atoms with Crippen LogP contribution >= 0.6 is 0 Å². The van der Waals surface area contributed by atoms with Gasteiger partial charge >= 0.3 is 0 Å². The lowest BCUT2D eigenvalue weighted by Crippen LogP contribution is -2.40. The molecule has 7 nitrogen and oxygen atoms in total. The lowest BCUT2D eigenvalue weighted by molar-refractivity contribution is -0.121. The predicted octanol–water partition coefficient (Wildman–Crippen LogP) is 2.39. The Balaban J connectivity index is 1.20. The standard InChI is InChI=1S/C21H23N5O2/c27-19(11-12-20-23-21(26-28-20)16-9-5-2-6-10-16)22-14-17-13-18(25-24-17)15-7-3-1-4-8-15/h1-10,17-18,24-25H,11-14H2,(H,22,27). The molecule has 0 radical (unpaired) electrons. The van der Waals surface area contributed by atoms with Gasteiger partial charge in [0.1, 0.15) is 0 Å². The van der Waals surface area contributed by atoms with E-state index in [-0.39, 0.29) is 18.0 Å². The zero-order valence-electron chi connectivity index (χ0n) is 15.5. The highest BCUT2D eigenvalue weighted by Crippen LogP contribution is 2.21. The van der Waals surface area contributed by atoms with Crippen molar-refractivity contribution in [1.29, 1.82) is 0 Å². The van der Waals surface area contributed by atoms with E-state index in [1.165, 1.54) is 5.56 Å². The summed E-state index contributed by atoms with van der Waals surface area (Å²) in [6.07, 6.45) is 1.67. The first-order valence-corrected chi connectivity index (χ1v) is 9.48. The van der Waals surface area contributed by atoms with Gasteiger partial charge in [-0.2, -0.15) is 4.98 Å². The van der Waals surface area contributed by atoms with Gasteiger partial charge in [0.15, 0.2) is 0 Å². The highest BCUT2D eigenvalue weighted by atomic mass is 16.5. The number of aryl methyl sites for hydroxylation is 1. The van der Waals surface area contributed by atoms with E-state index in [2.05, 4.69) is 38.4 Å². The van der Waals surface area contributed by atoms with Crippen molar-refractivity contribution in [2.75, 3.05) is 6.54 Å². The van der Waals surface area contributed by atoms with Crippen molar-refractivity contribution in [1.82, 2.24) is 26.3 Å². The van der Waals surface area contributed by atoms with E-state index in [0.29, 0.717) is 31.1 Å². The Morgan fingerprint density at radius 2 is 1.82 bits per heavy atom. The number of carbonyl (C=O) groups is 1. The Hall–Kier alpha value is -3.03. The van der Waals surface area contributed by atoms with Crippen LogP contribution in [0.5, 0.6) is 0 Å². The molecule has 4 rings (SSSR count). The number of carbonyl (C=O) groups excluding carboxylic acids is 1. The summed E-state index contributed by atoms with van der Waals surface area (Å²) in [6, 6.07) is 20.4. The van der Waals surface area contributed by atoms with Gasteiger partial charge in [-0.05, 0) is 12.0 Å². The first-order chi connectivity index (χ1) is 13.8. The molecule has 144 valence electrons. The molecule has 1 aliphatic rings. The van der Waals surface area contributed by atoms with Gasteiger partial charge in [0.05, 0.1) is 0 Å². The second kappa shape index (κ2) is 8.77. The molecule has 1 saturated heterocycles. The molecule has 1 fully saturated rings. The normalized spacial score (nSPS) is 18.9. The Kier molecular flexibility index (Phi) is 5.75. The van der Waals surface area contributed by atoms with E-state index in [9.17, 15) is 4.79 Å². The summed E-state index contributed by atoms with van der Waals surface area (Å²) in [4.78, 5) is 16.5. The Labute approximate surface area is 163 Å². The third kappa shape index (κ3) is 4.62. The SMILES string of the molecule is O=C(CCc1nc(-c2ccccc2)no1)NCC1CC(c2ccccc2)NN1. The summed E-state index contributed by atoms with van der Waals surface area (Å²) in [6.45, 7) is 0.578. The summed E-state index contributed by atoms with van der Waals surface area (Å²) >= 11 is 0. The van der Waals surface area contributed by atoms with Crippen LogP contribution in [0.3, 0.4) is 0 Å². The minimum atomic E-state index is -0.0237. The molecular formula is C21H23N5O2. The average Bonchev–Trinajstić information content (AvgIpc) is 3.42. The van der Waals surface area contributed by atoms with E-state index in [4.69, 9.17) is 4.52 Å². The van der Waals surface area contributed by atoms with Crippen molar-refractivity contribution in [2.45, 2.75) is 31.3 Å². The molecule has 2 heterocycles. The van der Waals surface area contributed by atoms with Gasteiger partial charge in [-0.1, -0.05) is 65.8 Å². The summed E-state index contributed by atoms with van der Waals surface area (Å²) in [5.41, 5.74) is 8.68. The number of aromatic nitrogens is 2. The summed E-state index contributed by atoms with van der Waals surface area (Å²) in [7, 11) is 0. The van der Waals surface area contributed by atoms with E-state index < -0.39 is 0 Å². The van der Waals surface area contributed by atoms with Crippen molar-refractivity contribution in [3.05, 3.63) is 72.1 Å². The Morgan fingerprint density at radius 1 is 1.07 bits per heavy atom. The number of hydrogen-bond acceptors (Lipinski definition) is 6. The number of nitrogens with one attached hydrogen (secondary N) is 3. The van der Waals surface area contributed by atoms with E-state index in [1.807, 2.05) is 48.5 Å². The molecule has 0 aliphatic carbocycles. The number of benzene rings is 2. The fourth-order valence-corrected chi connectivity index (χ4v) is 3.27. The van der Waals surface area contributed by atoms with E-state index in [1.54, 1.807) is 0 Å². The second-order valence-electron chi connectivity index (χ2n) is 6.87. The minimum Gasteiger partial charge on any atom is -0.354 e. The molecule has 2 unspecified atom stereocenters. The largest absolute Gasteiger partial charge is 0.354 e. The fourth-order valence-electron chi connectivity index (χ4n) is 3.27. The van der Waals surface area contributed by atoms with Gasteiger partial charge in [-0.25, -0.2) is 5.43 Å². The van der Waals surface area contributed by atoms with Gasteiger partial charge < -0.3 is 9.84 Å². The van der Waals surface area contributed by atoms with Crippen LogP contribution in [-0.4, -0.2) is 28.6 Å². The molecule has 3 aromatic rings. The fraction of sp³-hybridized carbons (Fsp3) is 0.286. The predicted molar refractivity (Wildman–Crippen MR) is 105 cm³/mol. The molecule has 0 saturated carbocycles. The molecule has 0 spiro atoms. The summed E-state index contributed by atoms with van der Waals surface area (Å²) in [5.74, 6) is 0.993. The van der Waals surface area contributed by atoms with Gasteiger partial charge in [-0.15, -0.1) is 0 Å².